The van der Waals surface area contributed by atoms with Crippen LogP contribution >= 0.6 is 11.3 Å². The van der Waals surface area contributed by atoms with Gasteiger partial charge in [-0.25, -0.2) is 18.4 Å². The van der Waals surface area contributed by atoms with E-state index in [2.05, 4.69) is 10.1 Å². The minimum atomic E-state index is -0.396. The van der Waals surface area contributed by atoms with Crippen LogP contribution in [0.2, 0.25) is 0 Å². The summed E-state index contributed by atoms with van der Waals surface area (Å²) in [5.74, 6) is -0.433. The first-order valence-electron chi connectivity index (χ1n) is 10.2. The minimum absolute atomic E-state index is 0.0528. The van der Waals surface area contributed by atoms with Crippen LogP contribution in [0.5, 0.6) is 0 Å². The number of nitrogens with zero attached hydrogens (tertiary/aromatic N) is 5. The molecular weight excluding hydrogens is 432 g/mol. The molecule has 1 aliphatic rings. The molecule has 1 fully saturated rings. The van der Waals surface area contributed by atoms with Gasteiger partial charge in [0.2, 0.25) is 5.82 Å². The van der Waals surface area contributed by atoms with Crippen molar-refractivity contribution in [2.75, 3.05) is 31.1 Å². The predicted octanol–water partition coefficient (Wildman–Crippen LogP) is 4.24. The van der Waals surface area contributed by atoms with E-state index in [0.717, 1.165) is 4.88 Å². The fourth-order valence-electron chi connectivity index (χ4n) is 3.76. The number of halogens is 2. The van der Waals surface area contributed by atoms with Crippen molar-refractivity contribution in [2.45, 2.75) is 0 Å². The summed E-state index contributed by atoms with van der Waals surface area (Å²) in [6.07, 6.45) is 0. The fourth-order valence-corrected chi connectivity index (χ4v) is 4.45. The summed E-state index contributed by atoms with van der Waals surface area (Å²) < 4.78 is 29.4. The Hall–Kier alpha value is -3.59. The lowest BCUT2D eigenvalue weighted by atomic mass is 10.2. The third kappa shape index (κ3) is 3.87. The zero-order valence-electron chi connectivity index (χ0n) is 17.0. The molecule has 5 rings (SSSR count). The molecule has 1 amide bonds. The highest BCUT2D eigenvalue weighted by molar-refractivity contribution is 7.13. The largest absolute Gasteiger partial charge is 0.366 e. The molecule has 4 aromatic rings. The molecule has 3 heterocycles. The van der Waals surface area contributed by atoms with Crippen LogP contribution in [0.15, 0.2) is 66.0 Å². The van der Waals surface area contributed by atoms with E-state index in [1.54, 1.807) is 35.2 Å². The summed E-state index contributed by atoms with van der Waals surface area (Å²) in [5.41, 5.74) is 1.03. The van der Waals surface area contributed by atoms with Crippen molar-refractivity contribution in [1.29, 1.82) is 0 Å². The van der Waals surface area contributed by atoms with E-state index in [1.807, 2.05) is 22.4 Å². The predicted molar refractivity (Wildman–Crippen MR) is 119 cm³/mol. The number of rotatable bonds is 4. The second-order valence-electron chi connectivity index (χ2n) is 7.36. The average Bonchev–Trinajstić information content (AvgIpc) is 3.49. The van der Waals surface area contributed by atoms with Crippen molar-refractivity contribution in [2.24, 2.45) is 0 Å². The maximum absolute atomic E-state index is 14.1. The topological polar surface area (TPSA) is 54.3 Å². The molecule has 0 N–H and O–H groups in total. The quantitative estimate of drug-likeness (QED) is 0.466. The molecule has 0 unspecified atom stereocenters. The molecule has 162 valence electrons. The highest BCUT2D eigenvalue weighted by Crippen LogP contribution is 2.26. The molecule has 0 radical (unpaired) electrons. The van der Waals surface area contributed by atoms with Crippen LogP contribution in [-0.2, 0) is 0 Å². The van der Waals surface area contributed by atoms with E-state index in [4.69, 9.17) is 0 Å². The van der Waals surface area contributed by atoms with Gasteiger partial charge < -0.3 is 9.80 Å². The number of anilines is 1. The Bertz CT molecular complexity index is 1250. The average molecular weight is 452 g/mol. The summed E-state index contributed by atoms with van der Waals surface area (Å²) in [5, 5.41) is 6.33. The molecule has 9 heteroatoms. The summed E-state index contributed by atoms with van der Waals surface area (Å²) in [6, 6.07) is 16.4. The van der Waals surface area contributed by atoms with Crippen molar-refractivity contribution < 1.29 is 13.6 Å². The van der Waals surface area contributed by atoms with E-state index in [1.165, 1.54) is 34.2 Å². The van der Waals surface area contributed by atoms with Crippen molar-refractivity contribution >= 4 is 22.9 Å². The first-order valence-corrected chi connectivity index (χ1v) is 11.0. The van der Waals surface area contributed by atoms with Crippen LogP contribution < -0.4 is 4.90 Å². The lowest BCUT2D eigenvalue weighted by Gasteiger charge is -2.35. The summed E-state index contributed by atoms with van der Waals surface area (Å²) >= 11 is 1.46. The summed E-state index contributed by atoms with van der Waals surface area (Å²) in [7, 11) is 0. The van der Waals surface area contributed by atoms with E-state index < -0.39 is 5.82 Å². The van der Waals surface area contributed by atoms with Gasteiger partial charge in [0.1, 0.15) is 11.6 Å². The number of aromatic nitrogens is 3. The number of hydrogen-bond acceptors (Lipinski definition) is 5. The van der Waals surface area contributed by atoms with Crippen molar-refractivity contribution in [3.63, 3.8) is 0 Å². The number of piperazine rings is 1. The molecule has 0 aliphatic carbocycles. The molecule has 0 spiro atoms. The van der Waals surface area contributed by atoms with Gasteiger partial charge in [-0.1, -0.05) is 24.3 Å². The van der Waals surface area contributed by atoms with Crippen LogP contribution in [0, 0.1) is 11.6 Å². The zero-order chi connectivity index (χ0) is 22.1. The Labute approximate surface area is 187 Å². The Morgan fingerprint density at radius 2 is 1.75 bits per heavy atom. The molecule has 1 aliphatic heterocycles. The smallest absolute Gasteiger partial charge is 0.293 e. The number of carbonyl (C=O) groups is 1. The maximum atomic E-state index is 14.1. The summed E-state index contributed by atoms with van der Waals surface area (Å²) in [6.45, 7) is 1.87. The number of benzene rings is 2. The minimum Gasteiger partial charge on any atom is -0.366 e. The van der Waals surface area contributed by atoms with Crippen LogP contribution in [0.4, 0.5) is 14.5 Å². The Morgan fingerprint density at radius 3 is 2.47 bits per heavy atom. The Balaban J connectivity index is 1.40. The van der Waals surface area contributed by atoms with E-state index in [0.29, 0.717) is 43.4 Å². The molecule has 32 heavy (non-hydrogen) atoms. The molecule has 6 nitrogen and oxygen atoms in total. The Kier molecular flexibility index (Phi) is 5.40. The molecule has 0 bridgehead atoms. The van der Waals surface area contributed by atoms with Gasteiger partial charge in [-0.3, -0.25) is 4.79 Å². The SMILES string of the molecule is O=C(c1nc(-c2cccs2)n(-c2cccc(F)c2)n1)N1CCN(c2ccccc2F)CC1. The second-order valence-corrected chi connectivity index (χ2v) is 8.31. The van der Waals surface area contributed by atoms with Crippen molar-refractivity contribution in [3.8, 4) is 16.4 Å². The summed E-state index contributed by atoms with van der Waals surface area (Å²) in [4.78, 5) is 22.1. The normalized spacial score (nSPS) is 14.1. The maximum Gasteiger partial charge on any atom is 0.293 e. The number of para-hydroxylation sites is 1. The van der Waals surface area contributed by atoms with Crippen LogP contribution in [0.25, 0.3) is 16.4 Å². The lowest BCUT2D eigenvalue weighted by Crippen LogP contribution is -2.49. The highest BCUT2D eigenvalue weighted by Gasteiger charge is 2.27. The molecule has 2 aromatic carbocycles. The third-order valence-corrected chi connectivity index (χ3v) is 6.22. The lowest BCUT2D eigenvalue weighted by molar-refractivity contribution is 0.0734. The van der Waals surface area contributed by atoms with Crippen LogP contribution in [0.3, 0.4) is 0 Å². The van der Waals surface area contributed by atoms with E-state index in [-0.39, 0.29) is 17.5 Å². The van der Waals surface area contributed by atoms with Gasteiger partial charge in [0.15, 0.2) is 5.82 Å². The van der Waals surface area contributed by atoms with Gasteiger partial charge in [-0.05, 0) is 41.8 Å². The van der Waals surface area contributed by atoms with Gasteiger partial charge in [0.05, 0.1) is 16.3 Å². The van der Waals surface area contributed by atoms with Gasteiger partial charge in [0, 0.05) is 26.2 Å². The fraction of sp³-hybridized carbons (Fsp3) is 0.174. The number of amides is 1. The van der Waals surface area contributed by atoms with Crippen molar-refractivity contribution in [3.05, 3.63) is 83.5 Å². The molecule has 2 aromatic heterocycles. The number of thiophene rings is 1. The molecular formula is C23H19F2N5OS. The van der Waals surface area contributed by atoms with Crippen LogP contribution in [-0.4, -0.2) is 51.8 Å². The second kappa shape index (κ2) is 8.51. The standard InChI is InChI=1S/C23H19F2N5OS/c24-16-5-3-6-17(15-16)30-22(20-9-4-14-32-20)26-21(27-30)23(31)29-12-10-28(11-13-29)19-8-2-1-7-18(19)25/h1-9,14-15H,10-13H2. The monoisotopic (exact) mass is 451 g/mol. The number of carbonyl (C=O) groups excluding carboxylic acids is 1. The van der Waals surface area contributed by atoms with Gasteiger partial charge in [-0.15, -0.1) is 16.4 Å². The Morgan fingerprint density at radius 1 is 0.938 bits per heavy atom. The van der Waals surface area contributed by atoms with Crippen LogP contribution in [0.1, 0.15) is 10.6 Å². The van der Waals surface area contributed by atoms with E-state index >= 15 is 0 Å². The van der Waals surface area contributed by atoms with Gasteiger partial charge >= 0.3 is 0 Å². The first kappa shape index (κ1) is 20.3. The number of hydrogen-bond donors (Lipinski definition) is 0. The van der Waals surface area contributed by atoms with Gasteiger partial charge in [-0.2, -0.15) is 0 Å². The zero-order valence-corrected chi connectivity index (χ0v) is 17.8. The highest BCUT2D eigenvalue weighted by atomic mass is 32.1. The van der Waals surface area contributed by atoms with Gasteiger partial charge in [0.25, 0.3) is 5.91 Å². The molecule has 0 atom stereocenters. The molecule has 0 saturated carbocycles. The van der Waals surface area contributed by atoms with Crippen molar-refractivity contribution in [1.82, 2.24) is 19.7 Å². The first-order chi connectivity index (χ1) is 15.6. The third-order valence-electron chi connectivity index (χ3n) is 5.35. The molecule has 1 saturated heterocycles. The van der Waals surface area contributed by atoms with E-state index in [9.17, 15) is 13.6 Å².